The highest BCUT2D eigenvalue weighted by Crippen LogP contribution is 2.28. The Kier molecular flexibility index (Phi) is 2.25. The van der Waals surface area contributed by atoms with E-state index in [0.29, 0.717) is 0 Å². The summed E-state index contributed by atoms with van der Waals surface area (Å²) in [4.78, 5) is 15.6. The molecule has 0 saturated carbocycles. The van der Waals surface area contributed by atoms with Crippen molar-refractivity contribution in [2.45, 2.75) is 0 Å². The molecule has 4 nitrogen and oxygen atoms in total. The zero-order valence-electron chi connectivity index (χ0n) is 2.63. The van der Waals surface area contributed by atoms with E-state index in [1.54, 1.807) is 4.11 Å². The van der Waals surface area contributed by atoms with Crippen LogP contribution in [0.25, 0.3) is 0 Å². The van der Waals surface area contributed by atoms with Crippen LogP contribution in [-0.2, 0) is 4.57 Å². The molecular weight excluding hydrogens is 173 g/mol. The van der Waals surface area contributed by atoms with Gasteiger partial charge in [0.25, 0.3) is 0 Å². The first-order valence-electron chi connectivity index (χ1n) is 0.995. The molecule has 0 heterocycles. The lowest BCUT2D eigenvalue weighted by molar-refractivity contribution is 0.370. The monoisotopic (exact) mass is 175 g/mol. The van der Waals surface area contributed by atoms with Crippen molar-refractivity contribution in [1.29, 1.82) is 0 Å². The molecule has 0 spiro atoms. The summed E-state index contributed by atoms with van der Waals surface area (Å²) in [7, 11) is -3.98. The largest absolute Gasteiger partial charge is 0.410 e. The van der Waals surface area contributed by atoms with Crippen LogP contribution in [0, 0.1) is 0 Å². The van der Waals surface area contributed by atoms with Crippen LogP contribution in [-0.4, -0.2) is 9.79 Å². The van der Waals surface area contributed by atoms with Crippen LogP contribution in [0.1, 0.15) is 0 Å². The third kappa shape index (κ3) is 4.59. The molecule has 0 bridgehead atoms. The quantitative estimate of drug-likeness (QED) is 0.387. The van der Waals surface area contributed by atoms with Gasteiger partial charge in [0.2, 0.25) is 0 Å². The summed E-state index contributed by atoms with van der Waals surface area (Å²) in [5.41, 5.74) is 0. The van der Waals surface area contributed by atoms with Crippen molar-refractivity contribution in [2.75, 3.05) is 0 Å². The lowest BCUT2D eigenvalue weighted by Crippen LogP contribution is -1.89. The van der Waals surface area contributed by atoms with E-state index in [4.69, 9.17) is 9.79 Å². The zero-order chi connectivity index (χ0) is 5.21. The summed E-state index contributed by atoms with van der Waals surface area (Å²) in [6, 6.07) is 0. The Labute approximate surface area is 43.1 Å². The van der Waals surface area contributed by atoms with Crippen LogP contribution in [0.3, 0.4) is 0 Å². The number of nitrogens with one attached hydrogen (secondary N) is 1. The molecule has 6 heavy (non-hydrogen) atoms. The van der Waals surface area contributed by atoms with Crippen molar-refractivity contribution < 1.29 is 14.4 Å². The van der Waals surface area contributed by atoms with E-state index in [1.807, 2.05) is 0 Å². The van der Waals surface area contributed by atoms with Crippen LogP contribution < -0.4 is 4.11 Å². The molecule has 3 N–H and O–H groups in total. The Morgan fingerprint density at radius 3 is 1.83 bits per heavy atom. The van der Waals surface area contributed by atoms with Gasteiger partial charge in [0.05, 0.1) is 0 Å². The fraction of sp³-hybridized carbons (Fsp3) is 0. The predicted molar refractivity (Wildman–Crippen MR) is 24.1 cm³/mol. The van der Waals surface area contributed by atoms with Crippen molar-refractivity contribution in [2.24, 2.45) is 0 Å². The third-order valence-electron chi connectivity index (χ3n) is 0.110. The van der Waals surface area contributed by atoms with E-state index in [2.05, 4.69) is 16.1 Å². The first-order chi connectivity index (χ1) is 2.56. The molecule has 0 rings (SSSR count). The molecule has 0 aromatic heterocycles. The number of halogens is 1. The van der Waals surface area contributed by atoms with Gasteiger partial charge in [-0.25, -0.2) is 4.57 Å². The van der Waals surface area contributed by atoms with Crippen molar-refractivity contribution >= 4 is 23.9 Å². The molecule has 6 heteroatoms. The summed E-state index contributed by atoms with van der Waals surface area (Å²) in [5, 5.41) is 0. The summed E-state index contributed by atoms with van der Waals surface area (Å²) in [6.07, 6.45) is 0. The molecule has 0 fully saturated rings. The van der Waals surface area contributed by atoms with Gasteiger partial charge in [-0.2, -0.15) is 4.11 Å². The molecule has 0 aromatic carbocycles. The van der Waals surface area contributed by atoms with Crippen molar-refractivity contribution in [3.8, 4) is 0 Å². The maximum Gasteiger partial charge on any atom is 0.410 e. The fourth-order valence-corrected chi connectivity index (χ4v) is 0. The lowest BCUT2D eigenvalue weighted by atomic mass is 13.9. The summed E-state index contributed by atoms with van der Waals surface area (Å²) >= 11 is 2.36. The molecule has 0 saturated heterocycles. The van der Waals surface area contributed by atoms with Crippen molar-refractivity contribution in [3.63, 3.8) is 0 Å². The van der Waals surface area contributed by atoms with Crippen LogP contribution >= 0.6 is 23.9 Å². The van der Waals surface area contributed by atoms with Crippen LogP contribution in [0.15, 0.2) is 0 Å². The summed E-state index contributed by atoms with van der Waals surface area (Å²) in [5.74, 6) is 0. The molecular formula is H3BrNO3P. The normalized spacial score (nSPS) is 11.8. The lowest BCUT2D eigenvalue weighted by Gasteiger charge is -1.92. The SMILES string of the molecule is O=P(O)(O)NBr. The highest BCUT2D eigenvalue weighted by Gasteiger charge is 2.06. The smallest absolute Gasteiger partial charge is 0.312 e. The first kappa shape index (κ1) is 6.59. The highest BCUT2D eigenvalue weighted by atomic mass is 79.9. The van der Waals surface area contributed by atoms with Crippen LogP contribution in [0.2, 0.25) is 0 Å². The minimum Gasteiger partial charge on any atom is -0.312 e. The fourth-order valence-electron chi connectivity index (χ4n) is 0. The Morgan fingerprint density at radius 1 is 1.67 bits per heavy atom. The van der Waals surface area contributed by atoms with E-state index in [-0.39, 0.29) is 0 Å². The molecule has 0 amide bonds. The number of rotatable bonds is 1. The molecule has 0 aliphatic carbocycles. The summed E-state index contributed by atoms with van der Waals surface area (Å²) in [6.45, 7) is 0. The second-order valence-corrected chi connectivity index (χ2v) is 2.95. The molecule has 38 valence electrons. The van der Waals surface area contributed by atoms with Gasteiger partial charge < -0.3 is 9.79 Å². The second-order valence-electron chi connectivity index (χ2n) is 0.629. The van der Waals surface area contributed by atoms with Gasteiger partial charge in [-0.1, -0.05) is 0 Å². The molecule has 0 radical (unpaired) electrons. The Bertz CT molecular complexity index is 74.9. The standard InChI is InChI=1S/BrH3NO3P/c1-2-6(3,4)5/h(H3,2,3,4,5). The van der Waals surface area contributed by atoms with Gasteiger partial charge >= 0.3 is 7.75 Å². The Hall–Kier alpha value is 0.590. The predicted octanol–water partition coefficient (Wildman–Crippen LogP) is -0.0214. The second kappa shape index (κ2) is 2.04. The van der Waals surface area contributed by atoms with E-state index in [0.717, 1.165) is 0 Å². The minimum atomic E-state index is -3.98. The maximum atomic E-state index is 9.54. The van der Waals surface area contributed by atoms with E-state index in [9.17, 15) is 4.57 Å². The van der Waals surface area contributed by atoms with Gasteiger partial charge in [0.1, 0.15) is 0 Å². The van der Waals surface area contributed by atoms with Crippen molar-refractivity contribution in [1.82, 2.24) is 4.11 Å². The molecule has 0 unspecified atom stereocenters. The Balaban J connectivity index is 3.48. The third-order valence-corrected chi connectivity index (χ3v) is 1.72. The van der Waals surface area contributed by atoms with Gasteiger partial charge in [-0.15, -0.1) is 0 Å². The first-order valence-corrected chi connectivity index (χ1v) is 3.40. The van der Waals surface area contributed by atoms with Gasteiger partial charge in [-0.3, -0.25) is 0 Å². The maximum absolute atomic E-state index is 9.54. The Morgan fingerprint density at radius 2 is 1.83 bits per heavy atom. The van der Waals surface area contributed by atoms with E-state index >= 15 is 0 Å². The average molecular weight is 176 g/mol. The van der Waals surface area contributed by atoms with Crippen molar-refractivity contribution in [3.05, 3.63) is 0 Å². The van der Waals surface area contributed by atoms with E-state index in [1.165, 1.54) is 0 Å². The topological polar surface area (TPSA) is 69.6 Å². The number of hydrogen-bond donors (Lipinski definition) is 3. The molecule has 0 atom stereocenters. The summed E-state index contributed by atoms with van der Waals surface area (Å²) < 4.78 is 11.1. The molecule has 0 aliphatic rings. The number of hydrogen-bond acceptors (Lipinski definition) is 1. The van der Waals surface area contributed by atoms with Gasteiger partial charge in [-0.05, 0) is 0 Å². The van der Waals surface area contributed by atoms with Crippen LogP contribution in [0.4, 0.5) is 0 Å². The van der Waals surface area contributed by atoms with Crippen LogP contribution in [0.5, 0.6) is 0 Å². The minimum absolute atomic E-state index is 1.58. The van der Waals surface area contributed by atoms with Gasteiger partial charge in [0, 0.05) is 16.1 Å². The average Bonchev–Trinajstić information content (AvgIpc) is 1.35. The highest BCUT2D eigenvalue weighted by molar-refractivity contribution is 9.08. The molecule has 0 aromatic rings. The van der Waals surface area contributed by atoms with Gasteiger partial charge in [0.15, 0.2) is 0 Å². The molecule has 0 aliphatic heterocycles. The van der Waals surface area contributed by atoms with E-state index < -0.39 is 7.75 Å². The zero-order valence-corrected chi connectivity index (χ0v) is 5.11.